The first-order valence-electron chi connectivity index (χ1n) is 9.80. The van der Waals surface area contributed by atoms with E-state index in [2.05, 4.69) is 32.5 Å². The van der Waals surface area contributed by atoms with E-state index >= 15 is 0 Å². The molecule has 1 N–H and O–H groups in total. The highest BCUT2D eigenvalue weighted by Gasteiger charge is 2.37. The molecule has 32 heavy (non-hydrogen) atoms. The van der Waals surface area contributed by atoms with Crippen molar-refractivity contribution in [2.45, 2.75) is 20.8 Å². The molecular formula is C24H19ClIN3O3. The molecule has 0 unspecified atom stereocenters. The summed E-state index contributed by atoms with van der Waals surface area (Å²) in [6, 6.07) is 14.1. The van der Waals surface area contributed by atoms with Gasteiger partial charge in [0.2, 0.25) is 0 Å². The van der Waals surface area contributed by atoms with Gasteiger partial charge in [-0.15, -0.1) is 0 Å². The smallest absolute Gasteiger partial charge is 0.318 e. The van der Waals surface area contributed by atoms with Crippen molar-refractivity contribution in [3.63, 3.8) is 0 Å². The van der Waals surface area contributed by atoms with Gasteiger partial charge in [-0.25, -0.2) is 9.69 Å². The Morgan fingerprint density at radius 2 is 1.69 bits per heavy atom. The maximum Gasteiger partial charge on any atom is 0.335 e. The number of halogens is 2. The van der Waals surface area contributed by atoms with Gasteiger partial charge in [0.1, 0.15) is 5.57 Å². The molecule has 162 valence electrons. The minimum atomic E-state index is -0.799. The number of urea groups is 1. The molecule has 1 aliphatic heterocycles. The monoisotopic (exact) mass is 559 g/mol. The molecule has 3 aromatic rings. The minimum absolute atomic E-state index is 0.119. The number of anilines is 1. The summed E-state index contributed by atoms with van der Waals surface area (Å²) in [6.07, 6.45) is 1.53. The predicted octanol–water partition coefficient (Wildman–Crippen LogP) is 5.33. The summed E-state index contributed by atoms with van der Waals surface area (Å²) in [5.41, 5.74) is 4.32. The van der Waals surface area contributed by atoms with Crippen molar-refractivity contribution >= 4 is 63.8 Å². The van der Waals surface area contributed by atoms with Crippen LogP contribution in [0.2, 0.25) is 5.02 Å². The SMILES string of the molecule is Cc1c(Cl)cccc1N1C(=O)NC(=O)/C(=C/c2cc(C)n(-c3ccc(I)cc3)c2C)C1=O. The van der Waals surface area contributed by atoms with Crippen LogP contribution in [0.1, 0.15) is 22.5 Å². The van der Waals surface area contributed by atoms with Gasteiger partial charge < -0.3 is 4.57 Å². The Bertz CT molecular complexity index is 1310. The number of aryl methyl sites for hydroxylation is 1. The number of carbonyl (C=O) groups excluding carboxylic acids is 3. The average molecular weight is 560 g/mol. The summed E-state index contributed by atoms with van der Waals surface area (Å²) in [6.45, 7) is 5.60. The first-order chi connectivity index (χ1) is 15.2. The Morgan fingerprint density at radius 3 is 2.38 bits per heavy atom. The van der Waals surface area contributed by atoms with Crippen LogP contribution < -0.4 is 10.2 Å². The third-order valence-corrected chi connectivity index (χ3v) is 6.57. The number of benzene rings is 2. The zero-order chi connectivity index (χ0) is 23.2. The van der Waals surface area contributed by atoms with Crippen molar-refractivity contribution < 1.29 is 14.4 Å². The number of rotatable bonds is 3. The van der Waals surface area contributed by atoms with Gasteiger partial charge in [-0.3, -0.25) is 14.9 Å². The third kappa shape index (κ3) is 3.86. The van der Waals surface area contributed by atoms with Crippen molar-refractivity contribution in [3.8, 4) is 5.69 Å². The van der Waals surface area contributed by atoms with Crippen LogP contribution in [0.25, 0.3) is 11.8 Å². The van der Waals surface area contributed by atoms with Gasteiger partial charge in [0, 0.05) is 25.7 Å². The summed E-state index contributed by atoms with van der Waals surface area (Å²) < 4.78 is 3.18. The summed E-state index contributed by atoms with van der Waals surface area (Å²) in [4.78, 5) is 39.3. The quantitative estimate of drug-likeness (QED) is 0.268. The van der Waals surface area contributed by atoms with Crippen molar-refractivity contribution in [2.24, 2.45) is 0 Å². The van der Waals surface area contributed by atoms with E-state index in [9.17, 15) is 14.4 Å². The number of carbonyl (C=O) groups is 3. The van der Waals surface area contributed by atoms with Crippen molar-refractivity contribution in [3.05, 3.63) is 85.2 Å². The van der Waals surface area contributed by atoms with Crippen LogP contribution >= 0.6 is 34.2 Å². The van der Waals surface area contributed by atoms with Crippen LogP contribution in [0.3, 0.4) is 0 Å². The maximum atomic E-state index is 13.3. The topological polar surface area (TPSA) is 71.4 Å². The first kappa shape index (κ1) is 22.3. The van der Waals surface area contributed by atoms with Crippen LogP contribution in [0, 0.1) is 24.3 Å². The van der Waals surface area contributed by atoms with Crippen LogP contribution in [-0.4, -0.2) is 22.4 Å². The number of amides is 4. The molecule has 1 aromatic heterocycles. The lowest BCUT2D eigenvalue weighted by atomic mass is 10.1. The van der Waals surface area contributed by atoms with E-state index in [1.54, 1.807) is 25.1 Å². The standard InChI is InChI=1S/C24H19ClIN3O3/c1-13-11-16(15(3)28(13)18-9-7-17(26)8-10-18)12-19-22(30)27-24(32)29(23(19)31)21-6-4-5-20(25)14(21)2/h4-12H,1-3H3,(H,27,30,32)/b19-12-. The Kier molecular flexibility index (Phi) is 5.96. The second-order valence-electron chi connectivity index (χ2n) is 7.48. The molecule has 1 fully saturated rings. The highest BCUT2D eigenvalue weighted by molar-refractivity contribution is 14.1. The van der Waals surface area contributed by atoms with Crippen LogP contribution in [-0.2, 0) is 9.59 Å². The number of aromatic nitrogens is 1. The zero-order valence-corrected chi connectivity index (χ0v) is 20.5. The number of hydrogen-bond acceptors (Lipinski definition) is 3. The van der Waals surface area contributed by atoms with E-state index in [-0.39, 0.29) is 5.57 Å². The largest absolute Gasteiger partial charge is 0.335 e. The Morgan fingerprint density at radius 1 is 1.00 bits per heavy atom. The average Bonchev–Trinajstić information content (AvgIpc) is 3.02. The van der Waals surface area contributed by atoms with Gasteiger partial charge >= 0.3 is 6.03 Å². The third-order valence-electron chi connectivity index (χ3n) is 5.44. The number of barbiturate groups is 1. The Balaban J connectivity index is 1.78. The summed E-state index contributed by atoms with van der Waals surface area (Å²) in [7, 11) is 0. The van der Waals surface area contributed by atoms with E-state index in [0.717, 1.165) is 31.1 Å². The molecule has 0 radical (unpaired) electrons. The molecule has 0 saturated carbocycles. The van der Waals surface area contributed by atoms with Crippen LogP contribution in [0.15, 0.2) is 54.1 Å². The fraction of sp³-hybridized carbons (Fsp3) is 0.125. The lowest BCUT2D eigenvalue weighted by Gasteiger charge is -2.27. The fourth-order valence-electron chi connectivity index (χ4n) is 3.79. The number of nitrogens with zero attached hydrogens (tertiary/aromatic N) is 2. The van der Waals surface area contributed by atoms with E-state index in [1.165, 1.54) is 6.08 Å². The van der Waals surface area contributed by atoms with Gasteiger partial charge in [-0.05, 0) is 103 Å². The Hall–Kier alpha value is -2.91. The van der Waals surface area contributed by atoms with Crippen molar-refractivity contribution in [1.29, 1.82) is 0 Å². The summed E-state index contributed by atoms with van der Waals surface area (Å²) in [5.74, 6) is -1.42. The first-order valence-corrected chi connectivity index (χ1v) is 11.3. The second kappa shape index (κ2) is 8.55. The predicted molar refractivity (Wildman–Crippen MR) is 133 cm³/mol. The van der Waals surface area contributed by atoms with E-state index in [1.807, 2.05) is 44.2 Å². The Labute approximate surface area is 204 Å². The molecule has 4 rings (SSSR count). The van der Waals surface area contributed by atoms with Gasteiger partial charge in [0.25, 0.3) is 11.8 Å². The summed E-state index contributed by atoms with van der Waals surface area (Å²) in [5, 5.41) is 2.69. The van der Waals surface area contributed by atoms with E-state index in [4.69, 9.17) is 11.6 Å². The minimum Gasteiger partial charge on any atom is -0.318 e. The maximum absolute atomic E-state index is 13.3. The summed E-state index contributed by atoms with van der Waals surface area (Å²) >= 11 is 8.43. The lowest BCUT2D eigenvalue weighted by Crippen LogP contribution is -2.54. The molecular weight excluding hydrogens is 541 g/mol. The molecule has 6 nitrogen and oxygen atoms in total. The highest BCUT2D eigenvalue weighted by Crippen LogP contribution is 2.30. The fourth-order valence-corrected chi connectivity index (χ4v) is 4.32. The zero-order valence-electron chi connectivity index (χ0n) is 17.6. The van der Waals surface area contributed by atoms with E-state index in [0.29, 0.717) is 16.3 Å². The van der Waals surface area contributed by atoms with Gasteiger partial charge in [0.15, 0.2) is 0 Å². The number of imide groups is 2. The molecule has 0 bridgehead atoms. The van der Waals surface area contributed by atoms with Gasteiger partial charge in [-0.1, -0.05) is 17.7 Å². The van der Waals surface area contributed by atoms with Crippen LogP contribution in [0.5, 0.6) is 0 Å². The van der Waals surface area contributed by atoms with Gasteiger partial charge in [-0.2, -0.15) is 0 Å². The molecule has 1 aliphatic rings. The molecule has 0 spiro atoms. The molecule has 2 heterocycles. The molecule has 1 saturated heterocycles. The number of nitrogens with one attached hydrogen (secondary N) is 1. The lowest BCUT2D eigenvalue weighted by molar-refractivity contribution is -0.122. The van der Waals surface area contributed by atoms with Crippen molar-refractivity contribution in [2.75, 3.05) is 4.90 Å². The van der Waals surface area contributed by atoms with E-state index < -0.39 is 17.8 Å². The van der Waals surface area contributed by atoms with Crippen LogP contribution in [0.4, 0.5) is 10.5 Å². The molecule has 0 atom stereocenters. The molecule has 4 amide bonds. The molecule has 2 aromatic carbocycles. The molecule has 0 aliphatic carbocycles. The number of hydrogen-bond donors (Lipinski definition) is 1. The van der Waals surface area contributed by atoms with Crippen molar-refractivity contribution in [1.82, 2.24) is 9.88 Å². The highest BCUT2D eigenvalue weighted by atomic mass is 127. The second-order valence-corrected chi connectivity index (χ2v) is 9.13. The van der Waals surface area contributed by atoms with Gasteiger partial charge in [0.05, 0.1) is 5.69 Å². The molecule has 8 heteroatoms. The normalized spacial score (nSPS) is 15.5.